The molecule has 0 fully saturated rings. The number of aryl methyl sites for hydroxylation is 2. The summed E-state index contributed by atoms with van der Waals surface area (Å²) in [5.74, 6) is 0.0752. The number of amides is 1. The number of hydrogen-bond donors (Lipinski definition) is 3. The maximum Gasteiger partial charge on any atom is 0.411 e. The first kappa shape index (κ1) is 17.6. The number of carbonyl (C=O) groups is 1. The van der Waals surface area contributed by atoms with Gasteiger partial charge in [-0.25, -0.2) is 13.2 Å². The van der Waals surface area contributed by atoms with E-state index in [2.05, 4.69) is 14.8 Å². The summed E-state index contributed by atoms with van der Waals surface area (Å²) in [6.45, 7) is 3.40. The van der Waals surface area contributed by atoms with Gasteiger partial charge < -0.3 is 9.84 Å². The van der Waals surface area contributed by atoms with Crippen molar-refractivity contribution >= 4 is 27.5 Å². The summed E-state index contributed by atoms with van der Waals surface area (Å²) < 4.78 is 32.0. The first-order chi connectivity index (χ1) is 11.2. The molecule has 0 saturated carbocycles. The molecule has 0 saturated heterocycles. The minimum Gasteiger partial charge on any atom is -0.508 e. The third kappa shape index (κ3) is 3.96. The molecular weight excluding hydrogens is 332 g/mol. The first-order valence-electron chi connectivity index (χ1n) is 7.01. The molecule has 8 heteroatoms. The van der Waals surface area contributed by atoms with E-state index in [0.717, 1.165) is 0 Å². The molecule has 0 aliphatic rings. The normalized spacial score (nSPS) is 11.0. The number of anilines is 2. The lowest BCUT2D eigenvalue weighted by atomic mass is 10.1. The van der Waals surface area contributed by atoms with Gasteiger partial charge in [-0.15, -0.1) is 0 Å². The molecule has 2 aromatic carbocycles. The zero-order valence-electron chi connectivity index (χ0n) is 13.5. The van der Waals surface area contributed by atoms with E-state index in [9.17, 15) is 18.3 Å². The fraction of sp³-hybridized carbons (Fsp3) is 0.188. The van der Waals surface area contributed by atoms with Crippen molar-refractivity contribution in [1.82, 2.24) is 0 Å². The smallest absolute Gasteiger partial charge is 0.411 e. The molecule has 2 aromatic rings. The van der Waals surface area contributed by atoms with Gasteiger partial charge in [-0.3, -0.25) is 10.0 Å². The largest absolute Gasteiger partial charge is 0.508 e. The summed E-state index contributed by atoms with van der Waals surface area (Å²) in [5, 5.41) is 12.0. The van der Waals surface area contributed by atoms with Crippen molar-refractivity contribution in [3.8, 4) is 5.75 Å². The highest BCUT2D eigenvalue weighted by atomic mass is 32.2. The van der Waals surface area contributed by atoms with E-state index in [0.29, 0.717) is 22.5 Å². The predicted molar refractivity (Wildman–Crippen MR) is 90.9 cm³/mol. The second-order valence-electron chi connectivity index (χ2n) is 5.20. The van der Waals surface area contributed by atoms with Crippen LogP contribution in [0.2, 0.25) is 0 Å². The summed E-state index contributed by atoms with van der Waals surface area (Å²) in [5.41, 5.74) is 2.06. The van der Waals surface area contributed by atoms with Crippen LogP contribution in [0.25, 0.3) is 0 Å². The van der Waals surface area contributed by atoms with Crippen LogP contribution in [0.1, 0.15) is 11.1 Å². The second-order valence-corrected chi connectivity index (χ2v) is 6.88. The van der Waals surface area contributed by atoms with Crippen LogP contribution >= 0.6 is 0 Å². The summed E-state index contributed by atoms with van der Waals surface area (Å²) in [4.78, 5) is 11.2. The van der Waals surface area contributed by atoms with Crippen molar-refractivity contribution in [2.75, 3.05) is 17.1 Å². The molecule has 0 aliphatic heterocycles. The quantitative estimate of drug-likeness (QED) is 0.735. The van der Waals surface area contributed by atoms with Crippen molar-refractivity contribution in [2.24, 2.45) is 0 Å². The summed E-state index contributed by atoms with van der Waals surface area (Å²) in [6.07, 6.45) is -0.640. The fourth-order valence-electron chi connectivity index (χ4n) is 2.18. The van der Waals surface area contributed by atoms with Crippen LogP contribution in [0.15, 0.2) is 41.3 Å². The third-order valence-electron chi connectivity index (χ3n) is 3.35. The Balaban J connectivity index is 2.26. The van der Waals surface area contributed by atoms with Crippen LogP contribution in [0.3, 0.4) is 0 Å². The van der Waals surface area contributed by atoms with Crippen LogP contribution in [0, 0.1) is 13.8 Å². The molecule has 0 aliphatic carbocycles. The molecule has 0 aromatic heterocycles. The van der Waals surface area contributed by atoms with Crippen molar-refractivity contribution in [3.63, 3.8) is 0 Å². The molecule has 0 bridgehead atoms. The number of sulfonamides is 1. The minimum atomic E-state index is -3.80. The van der Waals surface area contributed by atoms with E-state index in [1.54, 1.807) is 13.8 Å². The van der Waals surface area contributed by atoms with Crippen LogP contribution in [0.4, 0.5) is 16.2 Å². The topological polar surface area (TPSA) is 105 Å². The van der Waals surface area contributed by atoms with Crippen LogP contribution in [0.5, 0.6) is 5.75 Å². The lowest BCUT2D eigenvalue weighted by Crippen LogP contribution is -2.15. The monoisotopic (exact) mass is 350 g/mol. The number of carbonyl (C=O) groups excluding carboxylic acids is 1. The zero-order valence-corrected chi connectivity index (χ0v) is 14.3. The van der Waals surface area contributed by atoms with Gasteiger partial charge in [0.2, 0.25) is 0 Å². The standard InChI is InChI=1S/C16H18N2O5S/c1-10-8-13(19)9-11(2)15(10)18-24(21,22)14-6-4-12(5-7-14)17-16(20)23-3/h4-9,18-19H,1-3H3,(H,17,20). The molecule has 24 heavy (non-hydrogen) atoms. The molecule has 7 nitrogen and oxygen atoms in total. The van der Waals surface area contributed by atoms with E-state index in [4.69, 9.17) is 0 Å². The summed E-state index contributed by atoms with van der Waals surface area (Å²) in [7, 11) is -2.56. The van der Waals surface area contributed by atoms with E-state index in [1.807, 2.05) is 0 Å². The Hall–Kier alpha value is -2.74. The highest BCUT2D eigenvalue weighted by molar-refractivity contribution is 7.92. The Morgan fingerprint density at radius 2 is 1.62 bits per heavy atom. The van der Waals surface area contributed by atoms with Crippen LogP contribution in [-0.2, 0) is 14.8 Å². The third-order valence-corrected chi connectivity index (χ3v) is 4.72. The van der Waals surface area contributed by atoms with Gasteiger partial charge in [0.1, 0.15) is 5.75 Å². The number of benzene rings is 2. The second kappa shape index (κ2) is 6.79. The highest BCUT2D eigenvalue weighted by Crippen LogP contribution is 2.28. The Labute approximate surface area is 140 Å². The fourth-order valence-corrected chi connectivity index (χ4v) is 3.38. The number of nitrogens with one attached hydrogen (secondary N) is 2. The molecule has 1 amide bonds. The van der Waals surface area contributed by atoms with Gasteiger partial charge >= 0.3 is 6.09 Å². The van der Waals surface area contributed by atoms with Gasteiger partial charge in [-0.1, -0.05) is 0 Å². The SMILES string of the molecule is COC(=O)Nc1ccc(S(=O)(=O)Nc2c(C)cc(O)cc2C)cc1. The Morgan fingerprint density at radius 1 is 1.08 bits per heavy atom. The number of aromatic hydroxyl groups is 1. The van der Waals surface area contributed by atoms with Crippen LogP contribution in [-0.4, -0.2) is 26.7 Å². The molecular formula is C16H18N2O5S. The molecule has 0 unspecified atom stereocenters. The van der Waals surface area contributed by atoms with Crippen molar-refractivity contribution < 1.29 is 23.1 Å². The van der Waals surface area contributed by atoms with Gasteiger partial charge in [-0.2, -0.15) is 0 Å². The summed E-state index contributed by atoms with van der Waals surface area (Å²) >= 11 is 0. The van der Waals surface area contributed by atoms with Gasteiger partial charge in [0.05, 0.1) is 17.7 Å². The van der Waals surface area contributed by atoms with Gasteiger partial charge in [0.25, 0.3) is 10.0 Å². The first-order valence-corrected chi connectivity index (χ1v) is 8.49. The number of rotatable bonds is 4. The van der Waals surface area contributed by atoms with Crippen molar-refractivity contribution in [1.29, 1.82) is 0 Å². The molecule has 0 heterocycles. The van der Waals surface area contributed by atoms with E-state index in [1.165, 1.54) is 43.5 Å². The summed E-state index contributed by atoms with van der Waals surface area (Å²) in [6, 6.07) is 8.63. The number of hydrogen-bond acceptors (Lipinski definition) is 5. The number of phenols is 1. The Bertz CT molecular complexity index is 838. The molecule has 128 valence electrons. The number of ether oxygens (including phenoxy) is 1. The van der Waals surface area contributed by atoms with E-state index < -0.39 is 16.1 Å². The van der Waals surface area contributed by atoms with Crippen molar-refractivity contribution in [3.05, 3.63) is 47.5 Å². The lowest BCUT2D eigenvalue weighted by Gasteiger charge is -2.14. The molecule has 2 rings (SSSR count). The molecule has 0 atom stereocenters. The number of phenolic OH excluding ortho intramolecular Hbond substituents is 1. The maximum atomic E-state index is 12.5. The van der Waals surface area contributed by atoms with E-state index >= 15 is 0 Å². The average Bonchev–Trinajstić information content (AvgIpc) is 2.51. The predicted octanol–water partition coefficient (Wildman–Crippen LogP) is 2.99. The van der Waals surface area contributed by atoms with Gasteiger partial charge in [0.15, 0.2) is 0 Å². The highest BCUT2D eigenvalue weighted by Gasteiger charge is 2.17. The zero-order chi connectivity index (χ0) is 17.9. The molecule has 0 radical (unpaired) electrons. The average molecular weight is 350 g/mol. The Kier molecular flexibility index (Phi) is 4.99. The molecule has 3 N–H and O–H groups in total. The van der Waals surface area contributed by atoms with Gasteiger partial charge in [0, 0.05) is 5.69 Å². The lowest BCUT2D eigenvalue weighted by molar-refractivity contribution is 0.187. The van der Waals surface area contributed by atoms with Crippen molar-refractivity contribution in [2.45, 2.75) is 18.7 Å². The Morgan fingerprint density at radius 3 is 2.12 bits per heavy atom. The van der Waals surface area contributed by atoms with Crippen LogP contribution < -0.4 is 10.0 Å². The minimum absolute atomic E-state index is 0.0461. The van der Waals surface area contributed by atoms with Gasteiger partial charge in [-0.05, 0) is 61.4 Å². The maximum absolute atomic E-state index is 12.5. The van der Waals surface area contributed by atoms with E-state index in [-0.39, 0.29) is 10.6 Å². The molecule has 0 spiro atoms. The number of methoxy groups -OCH3 is 1.